The lowest BCUT2D eigenvalue weighted by Crippen LogP contribution is -2.42. The van der Waals surface area contributed by atoms with Gasteiger partial charge in [-0.2, -0.15) is 0 Å². The molecule has 0 saturated carbocycles. The molecule has 2 unspecified atom stereocenters. The van der Waals surface area contributed by atoms with Gasteiger partial charge in [0.25, 0.3) is 0 Å². The van der Waals surface area contributed by atoms with Gasteiger partial charge in [0.15, 0.2) is 0 Å². The van der Waals surface area contributed by atoms with E-state index < -0.39 is 17.9 Å². The van der Waals surface area contributed by atoms with Crippen LogP contribution < -0.4 is 5.32 Å². The normalized spacial score (nSPS) is 13.8. The van der Waals surface area contributed by atoms with Gasteiger partial charge < -0.3 is 10.4 Å². The van der Waals surface area contributed by atoms with Crippen LogP contribution in [0.3, 0.4) is 0 Å². The zero-order valence-corrected chi connectivity index (χ0v) is 13.3. The largest absolute Gasteiger partial charge is 0.481 e. The quantitative estimate of drug-likeness (QED) is 0.844. The van der Waals surface area contributed by atoms with Gasteiger partial charge in [-0.15, -0.1) is 0 Å². The maximum absolute atomic E-state index is 12.2. The Bertz CT molecular complexity index is 508. The molecule has 116 valence electrons. The maximum Gasteiger partial charge on any atom is 0.307 e. The zero-order valence-electron chi connectivity index (χ0n) is 13.3. The van der Waals surface area contributed by atoms with Gasteiger partial charge in [-0.05, 0) is 51.1 Å². The highest BCUT2D eigenvalue weighted by Crippen LogP contribution is 2.14. The van der Waals surface area contributed by atoms with Crippen molar-refractivity contribution in [2.45, 2.75) is 33.7 Å². The third kappa shape index (κ3) is 5.19. The van der Waals surface area contributed by atoms with Crippen LogP contribution in [0.5, 0.6) is 0 Å². The van der Waals surface area contributed by atoms with E-state index >= 15 is 0 Å². The summed E-state index contributed by atoms with van der Waals surface area (Å²) < 4.78 is 0. The first-order valence-corrected chi connectivity index (χ1v) is 7.03. The molecule has 0 aromatic heterocycles. The van der Waals surface area contributed by atoms with Crippen molar-refractivity contribution in [1.29, 1.82) is 0 Å². The third-order valence-corrected chi connectivity index (χ3v) is 3.51. The Morgan fingerprint density at radius 2 is 1.71 bits per heavy atom. The summed E-state index contributed by atoms with van der Waals surface area (Å²) >= 11 is 0. The van der Waals surface area contributed by atoms with E-state index in [9.17, 15) is 9.59 Å². The molecule has 0 heterocycles. The van der Waals surface area contributed by atoms with Crippen molar-refractivity contribution >= 4 is 17.6 Å². The fourth-order valence-electron chi connectivity index (χ4n) is 2.16. The second kappa shape index (κ2) is 7.22. The molecular weight excluding hydrogens is 268 g/mol. The average molecular weight is 292 g/mol. The Balaban J connectivity index is 2.67. The van der Waals surface area contributed by atoms with Gasteiger partial charge in [0.2, 0.25) is 5.91 Å². The van der Waals surface area contributed by atoms with Gasteiger partial charge in [-0.25, -0.2) is 0 Å². The predicted molar refractivity (Wildman–Crippen MR) is 83.4 cm³/mol. The summed E-state index contributed by atoms with van der Waals surface area (Å²) in [6, 6.07) is 5.47. The highest BCUT2D eigenvalue weighted by atomic mass is 16.4. The molecule has 0 fully saturated rings. The number of likely N-dealkylation sites (N-methyl/N-ethyl adjacent to an activating group) is 1. The average Bonchev–Trinajstić information content (AvgIpc) is 2.35. The summed E-state index contributed by atoms with van der Waals surface area (Å²) in [5.74, 6) is -1.50. The molecule has 0 bridgehead atoms. The molecule has 0 aliphatic carbocycles. The smallest absolute Gasteiger partial charge is 0.307 e. The summed E-state index contributed by atoms with van der Waals surface area (Å²) in [4.78, 5) is 24.8. The van der Waals surface area contributed by atoms with E-state index in [-0.39, 0.29) is 5.91 Å². The molecule has 0 aliphatic rings. The summed E-state index contributed by atoms with van der Waals surface area (Å²) in [5, 5.41) is 11.8. The Morgan fingerprint density at radius 1 is 1.19 bits per heavy atom. The van der Waals surface area contributed by atoms with E-state index in [4.69, 9.17) is 5.11 Å². The van der Waals surface area contributed by atoms with Gasteiger partial charge >= 0.3 is 5.97 Å². The van der Waals surface area contributed by atoms with E-state index in [0.717, 1.165) is 16.8 Å². The highest BCUT2D eigenvalue weighted by molar-refractivity contribution is 5.94. The van der Waals surface area contributed by atoms with Crippen molar-refractivity contribution in [3.63, 3.8) is 0 Å². The topological polar surface area (TPSA) is 69.6 Å². The van der Waals surface area contributed by atoms with Crippen LogP contribution in [-0.2, 0) is 9.59 Å². The number of carboxylic acids is 1. The van der Waals surface area contributed by atoms with Gasteiger partial charge in [0.05, 0.1) is 12.0 Å². The van der Waals surface area contributed by atoms with Crippen molar-refractivity contribution in [2.24, 2.45) is 5.92 Å². The van der Waals surface area contributed by atoms with Crippen molar-refractivity contribution in [3.8, 4) is 0 Å². The molecular formula is C16H24N2O3. The number of amides is 1. The minimum absolute atomic E-state index is 0.139. The van der Waals surface area contributed by atoms with Crippen LogP contribution in [0, 0.1) is 19.8 Å². The number of carbonyl (C=O) groups is 2. The maximum atomic E-state index is 12.2. The molecule has 1 aromatic carbocycles. The number of nitrogens with one attached hydrogen (secondary N) is 1. The van der Waals surface area contributed by atoms with Crippen LogP contribution in [0.25, 0.3) is 0 Å². The van der Waals surface area contributed by atoms with E-state index in [1.54, 1.807) is 25.8 Å². The zero-order chi connectivity index (χ0) is 16.2. The van der Waals surface area contributed by atoms with Crippen molar-refractivity contribution in [1.82, 2.24) is 4.90 Å². The molecule has 0 saturated heterocycles. The van der Waals surface area contributed by atoms with Crippen LogP contribution in [0.15, 0.2) is 18.2 Å². The van der Waals surface area contributed by atoms with Crippen LogP contribution >= 0.6 is 0 Å². The number of nitrogens with zero attached hydrogens (tertiary/aromatic N) is 1. The molecule has 1 rings (SSSR count). The lowest BCUT2D eigenvalue weighted by atomic mass is 10.1. The predicted octanol–water partition coefficient (Wildman–Crippen LogP) is 2.28. The Kier molecular flexibility index (Phi) is 5.90. The van der Waals surface area contributed by atoms with Crippen molar-refractivity contribution < 1.29 is 14.7 Å². The van der Waals surface area contributed by atoms with Gasteiger partial charge in [-0.3, -0.25) is 14.5 Å². The monoisotopic (exact) mass is 292 g/mol. The lowest BCUT2D eigenvalue weighted by Gasteiger charge is -2.25. The fourth-order valence-corrected chi connectivity index (χ4v) is 2.16. The minimum atomic E-state index is -0.858. The van der Waals surface area contributed by atoms with Crippen molar-refractivity contribution in [2.75, 3.05) is 18.9 Å². The second-order valence-electron chi connectivity index (χ2n) is 5.72. The van der Waals surface area contributed by atoms with Gasteiger partial charge in [0, 0.05) is 12.2 Å². The summed E-state index contributed by atoms with van der Waals surface area (Å²) in [5.41, 5.74) is 2.95. The van der Waals surface area contributed by atoms with Gasteiger partial charge in [-0.1, -0.05) is 13.0 Å². The Labute approximate surface area is 126 Å². The Morgan fingerprint density at radius 3 is 2.19 bits per heavy atom. The number of hydrogen-bond donors (Lipinski definition) is 2. The molecule has 2 atom stereocenters. The molecule has 1 aromatic rings. The molecule has 5 heteroatoms. The molecule has 0 aliphatic heterocycles. The summed E-state index contributed by atoms with van der Waals surface area (Å²) in [6.45, 7) is 7.69. The molecule has 2 N–H and O–H groups in total. The van der Waals surface area contributed by atoms with E-state index in [0.29, 0.717) is 6.54 Å². The first-order valence-electron chi connectivity index (χ1n) is 7.03. The number of carbonyl (C=O) groups excluding carboxylic acids is 1. The number of anilines is 1. The van der Waals surface area contributed by atoms with E-state index in [1.165, 1.54) is 0 Å². The van der Waals surface area contributed by atoms with Crippen LogP contribution in [0.4, 0.5) is 5.69 Å². The van der Waals surface area contributed by atoms with Crippen LogP contribution in [0.1, 0.15) is 25.0 Å². The number of aryl methyl sites for hydroxylation is 2. The van der Waals surface area contributed by atoms with Crippen molar-refractivity contribution in [3.05, 3.63) is 29.3 Å². The second-order valence-corrected chi connectivity index (χ2v) is 5.72. The minimum Gasteiger partial charge on any atom is -0.481 e. The van der Waals surface area contributed by atoms with E-state index in [2.05, 4.69) is 5.32 Å². The number of rotatable bonds is 6. The number of aliphatic carboxylic acids is 1. The first-order chi connectivity index (χ1) is 9.70. The van der Waals surface area contributed by atoms with Crippen LogP contribution in [0.2, 0.25) is 0 Å². The number of carboxylic acid groups (broad SMARTS) is 1. The molecule has 0 spiro atoms. The molecule has 5 nitrogen and oxygen atoms in total. The lowest BCUT2D eigenvalue weighted by molar-refractivity contribution is -0.142. The number of benzene rings is 1. The molecule has 0 radical (unpaired) electrons. The summed E-state index contributed by atoms with van der Waals surface area (Å²) in [7, 11) is 1.76. The highest BCUT2D eigenvalue weighted by Gasteiger charge is 2.22. The standard InChI is InChI=1S/C16H24N2O3/c1-10-6-11(2)8-14(7-10)17-15(19)13(4)18(5)9-12(3)16(20)21/h6-8,12-13H,9H2,1-5H3,(H,17,19)(H,20,21). The third-order valence-electron chi connectivity index (χ3n) is 3.51. The van der Waals surface area contributed by atoms with Crippen LogP contribution in [-0.4, -0.2) is 41.5 Å². The summed E-state index contributed by atoms with van der Waals surface area (Å²) in [6.07, 6.45) is 0. The van der Waals surface area contributed by atoms with Gasteiger partial charge in [0.1, 0.15) is 0 Å². The Hall–Kier alpha value is -1.88. The first kappa shape index (κ1) is 17.2. The molecule has 21 heavy (non-hydrogen) atoms. The molecule has 1 amide bonds. The SMILES string of the molecule is Cc1cc(C)cc(NC(=O)C(C)N(C)CC(C)C(=O)O)c1. The number of hydrogen-bond acceptors (Lipinski definition) is 3. The fraction of sp³-hybridized carbons (Fsp3) is 0.500. The van der Waals surface area contributed by atoms with E-state index in [1.807, 2.05) is 32.0 Å².